The summed E-state index contributed by atoms with van der Waals surface area (Å²) in [6.45, 7) is 6.57. The summed E-state index contributed by atoms with van der Waals surface area (Å²) >= 11 is 0. The van der Waals surface area contributed by atoms with Gasteiger partial charge in [-0.3, -0.25) is 4.99 Å². The number of hydrogen-bond donors (Lipinski definition) is 2. The maximum Gasteiger partial charge on any atom is 0.390 e. The average Bonchev–Trinajstić information content (AvgIpc) is 2.42. The maximum atomic E-state index is 12.1. The first kappa shape index (κ1) is 18.3. The van der Waals surface area contributed by atoms with Crippen LogP contribution in [0.1, 0.15) is 31.4 Å². The molecule has 0 heterocycles. The molecular weight excluding hydrogens is 291 g/mol. The van der Waals surface area contributed by atoms with Crippen LogP contribution >= 0.6 is 0 Å². The van der Waals surface area contributed by atoms with Crippen LogP contribution in [0.5, 0.6) is 0 Å². The number of aliphatic imine (C=N–C) groups is 1. The molecule has 0 spiro atoms. The number of benzene rings is 1. The van der Waals surface area contributed by atoms with Gasteiger partial charge >= 0.3 is 6.18 Å². The predicted molar refractivity (Wildman–Crippen MR) is 84.2 cm³/mol. The van der Waals surface area contributed by atoms with E-state index in [-0.39, 0.29) is 12.0 Å². The molecule has 6 heteroatoms. The van der Waals surface area contributed by atoms with Gasteiger partial charge in [-0.1, -0.05) is 43.7 Å². The molecule has 0 saturated heterocycles. The molecular formula is C16H24F3N3. The first-order chi connectivity index (χ1) is 10.1. The molecule has 1 aromatic carbocycles. The number of alkyl halides is 3. The molecule has 0 aliphatic heterocycles. The number of nitrogens with zero attached hydrogens (tertiary/aromatic N) is 1. The molecule has 0 atom stereocenters. The number of hydrogen-bond acceptors (Lipinski definition) is 1. The van der Waals surface area contributed by atoms with E-state index < -0.39 is 12.6 Å². The highest BCUT2D eigenvalue weighted by Gasteiger charge is 2.26. The molecule has 3 nitrogen and oxygen atoms in total. The van der Waals surface area contributed by atoms with Crippen molar-refractivity contribution in [3.63, 3.8) is 0 Å². The van der Waals surface area contributed by atoms with Crippen LogP contribution in [-0.4, -0.2) is 32.3 Å². The molecule has 22 heavy (non-hydrogen) atoms. The Morgan fingerprint density at radius 2 is 1.68 bits per heavy atom. The molecule has 0 aliphatic rings. The van der Waals surface area contributed by atoms with Gasteiger partial charge in [-0.25, -0.2) is 0 Å². The monoisotopic (exact) mass is 315 g/mol. The summed E-state index contributed by atoms with van der Waals surface area (Å²) in [6.07, 6.45) is -5.04. The van der Waals surface area contributed by atoms with Gasteiger partial charge < -0.3 is 10.6 Å². The second-order valence-corrected chi connectivity index (χ2v) is 5.97. The van der Waals surface area contributed by atoms with E-state index in [2.05, 4.69) is 41.6 Å². The molecule has 0 radical (unpaired) electrons. The van der Waals surface area contributed by atoms with E-state index >= 15 is 0 Å². The standard InChI is InChI=1S/C16H24F3N3/c1-12-5-7-13(8-6-12)15(2,3)11-22-14(20-4)21-10-9-16(17,18)19/h5-8H,9-11H2,1-4H3,(H2,20,21,22). The van der Waals surface area contributed by atoms with Gasteiger partial charge in [0.1, 0.15) is 0 Å². The van der Waals surface area contributed by atoms with E-state index in [1.807, 2.05) is 19.1 Å². The molecule has 1 rings (SSSR count). The van der Waals surface area contributed by atoms with Crippen LogP contribution in [0.25, 0.3) is 0 Å². The Bertz CT molecular complexity index is 490. The van der Waals surface area contributed by atoms with Crippen molar-refractivity contribution in [3.8, 4) is 0 Å². The molecule has 0 fully saturated rings. The quantitative estimate of drug-likeness (QED) is 0.645. The van der Waals surface area contributed by atoms with E-state index in [1.54, 1.807) is 7.05 Å². The first-order valence-corrected chi connectivity index (χ1v) is 7.22. The largest absolute Gasteiger partial charge is 0.390 e. The SMILES string of the molecule is CN=C(NCCC(F)(F)F)NCC(C)(C)c1ccc(C)cc1. The van der Waals surface area contributed by atoms with Crippen molar-refractivity contribution in [1.82, 2.24) is 10.6 Å². The molecule has 0 amide bonds. The highest BCUT2D eigenvalue weighted by molar-refractivity contribution is 5.79. The van der Waals surface area contributed by atoms with Crippen LogP contribution in [0.4, 0.5) is 13.2 Å². The second-order valence-electron chi connectivity index (χ2n) is 5.97. The zero-order valence-electron chi connectivity index (χ0n) is 13.5. The third-order valence-electron chi connectivity index (χ3n) is 3.46. The third-order valence-corrected chi connectivity index (χ3v) is 3.46. The fraction of sp³-hybridized carbons (Fsp3) is 0.562. The Kier molecular flexibility index (Phi) is 6.26. The summed E-state index contributed by atoms with van der Waals surface area (Å²) in [5.74, 6) is 0.379. The number of halogens is 3. The summed E-state index contributed by atoms with van der Waals surface area (Å²) in [7, 11) is 1.54. The van der Waals surface area contributed by atoms with Crippen LogP contribution in [0, 0.1) is 6.92 Å². The summed E-state index contributed by atoms with van der Waals surface area (Å²) in [5.41, 5.74) is 2.20. The van der Waals surface area contributed by atoms with Crippen LogP contribution in [0.15, 0.2) is 29.3 Å². The Balaban J connectivity index is 2.53. The van der Waals surface area contributed by atoms with E-state index in [0.29, 0.717) is 12.5 Å². The second kappa shape index (κ2) is 7.51. The molecule has 1 aromatic rings. The van der Waals surface area contributed by atoms with Gasteiger partial charge in [-0.2, -0.15) is 13.2 Å². The minimum absolute atomic E-state index is 0.157. The van der Waals surface area contributed by atoms with Gasteiger partial charge in [-0.05, 0) is 12.5 Å². The molecule has 0 bridgehead atoms. The van der Waals surface area contributed by atoms with Crippen molar-refractivity contribution in [2.75, 3.05) is 20.1 Å². The molecule has 0 saturated carbocycles. The highest BCUT2D eigenvalue weighted by Crippen LogP contribution is 2.22. The van der Waals surface area contributed by atoms with Gasteiger partial charge in [0.2, 0.25) is 0 Å². The zero-order chi connectivity index (χ0) is 16.8. The van der Waals surface area contributed by atoms with Crippen LogP contribution < -0.4 is 10.6 Å². The van der Waals surface area contributed by atoms with E-state index in [0.717, 1.165) is 5.56 Å². The lowest BCUT2D eigenvalue weighted by molar-refractivity contribution is -0.132. The lowest BCUT2D eigenvalue weighted by Gasteiger charge is -2.27. The fourth-order valence-electron chi connectivity index (χ4n) is 1.95. The van der Waals surface area contributed by atoms with Crippen molar-refractivity contribution in [1.29, 1.82) is 0 Å². The third kappa shape index (κ3) is 6.37. The Hall–Kier alpha value is -1.72. The predicted octanol–water partition coefficient (Wildman–Crippen LogP) is 3.39. The number of guanidine groups is 1. The van der Waals surface area contributed by atoms with Crippen molar-refractivity contribution < 1.29 is 13.2 Å². The summed E-state index contributed by atoms with van der Waals surface area (Å²) in [4.78, 5) is 3.95. The average molecular weight is 315 g/mol. The highest BCUT2D eigenvalue weighted by atomic mass is 19.4. The fourth-order valence-corrected chi connectivity index (χ4v) is 1.95. The van der Waals surface area contributed by atoms with Gasteiger partial charge in [-0.15, -0.1) is 0 Å². The smallest absolute Gasteiger partial charge is 0.356 e. The van der Waals surface area contributed by atoms with Crippen LogP contribution in [-0.2, 0) is 5.41 Å². The molecule has 0 unspecified atom stereocenters. The first-order valence-electron chi connectivity index (χ1n) is 7.22. The molecule has 124 valence electrons. The summed E-state index contributed by atoms with van der Waals surface area (Å²) in [6, 6.07) is 8.23. The van der Waals surface area contributed by atoms with Crippen molar-refractivity contribution in [2.45, 2.75) is 38.8 Å². The summed E-state index contributed by atoms with van der Waals surface area (Å²) < 4.78 is 36.4. The van der Waals surface area contributed by atoms with Gasteiger partial charge in [0.15, 0.2) is 5.96 Å². The number of nitrogens with one attached hydrogen (secondary N) is 2. The van der Waals surface area contributed by atoms with Crippen molar-refractivity contribution in [2.24, 2.45) is 4.99 Å². The Morgan fingerprint density at radius 3 is 2.18 bits per heavy atom. The van der Waals surface area contributed by atoms with Crippen LogP contribution in [0.2, 0.25) is 0 Å². The molecule has 0 aliphatic carbocycles. The van der Waals surface area contributed by atoms with Crippen molar-refractivity contribution >= 4 is 5.96 Å². The maximum absolute atomic E-state index is 12.1. The minimum Gasteiger partial charge on any atom is -0.356 e. The normalized spacial score (nSPS) is 13.1. The van der Waals surface area contributed by atoms with Crippen molar-refractivity contribution in [3.05, 3.63) is 35.4 Å². The minimum atomic E-state index is -4.16. The zero-order valence-corrected chi connectivity index (χ0v) is 13.5. The number of rotatable bonds is 5. The van der Waals surface area contributed by atoms with Crippen LogP contribution in [0.3, 0.4) is 0 Å². The van der Waals surface area contributed by atoms with E-state index in [4.69, 9.17) is 0 Å². The van der Waals surface area contributed by atoms with Gasteiger partial charge in [0.25, 0.3) is 0 Å². The lowest BCUT2D eigenvalue weighted by Crippen LogP contribution is -2.44. The van der Waals surface area contributed by atoms with Gasteiger partial charge in [0, 0.05) is 25.6 Å². The Labute approximate surface area is 130 Å². The van der Waals surface area contributed by atoms with E-state index in [9.17, 15) is 13.2 Å². The Morgan fingerprint density at radius 1 is 1.09 bits per heavy atom. The number of aryl methyl sites for hydroxylation is 1. The molecule has 2 N–H and O–H groups in total. The van der Waals surface area contributed by atoms with Gasteiger partial charge in [0.05, 0.1) is 6.42 Å². The lowest BCUT2D eigenvalue weighted by atomic mass is 9.84. The topological polar surface area (TPSA) is 36.4 Å². The summed E-state index contributed by atoms with van der Waals surface area (Å²) in [5, 5.41) is 5.76. The molecule has 0 aromatic heterocycles. The van der Waals surface area contributed by atoms with E-state index in [1.165, 1.54) is 5.56 Å².